The molecule has 2 fully saturated rings. The van der Waals surface area contributed by atoms with E-state index in [1.54, 1.807) is 0 Å². The maximum atomic E-state index is 9.33. The van der Waals surface area contributed by atoms with E-state index in [1.165, 1.54) is 0 Å². The summed E-state index contributed by atoms with van der Waals surface area (Å²) < 4.78 is 11.4. The molecule has 4 heteroatoms. The van der Waals surface area contributed by atoms with Crippen LogP contribution >= 0.6 is 0 Å². The summed E-state index contributed by atoms with van der Waals surface area (Å²) in [5.41, 5.74) is -0.0119. The van der Waals surface area contributed by atoms with Crippen molar-refractivity contribution in [3.63, 3.8) is 0 Å². The summed E-state index contributed by atoms with van der Waals surface area (Å²) in [6.07, 6.45) is 3.84. The van der Waals surface area contributed by atoms with Crippen molar-refractivity contribution in [2.75, 3.05) is 33.4 Å². The molecule has 3 atom stereocenters. The SMILES string of the molecule is CC(O)CCN(C)C1CCOC2(CCOC2)C1. The molecule has 2 aliphatic rings. The third-order valence-corrected chi connectivity index (χ3v) is 4.06. The van der Waals surface area contributed by atoms with Crippen molar-refractivity contribution < 1.29 is 14.6 Å². The van der Waals surface area contributed by atoms with Gasteiger partial charge in [0.1, 0.15) is 0 Å². The molecule has 3 unspecified atom stereocenters. The highest BCUT2D eigenvalue weighted by atomic mass is 16.6. The zero-order valence-electron chi connectivity index (χ0n) is 11.0. The molecule has 17 heavy (non-hydrogen) atoms. The van der Waals surface area contributed by atoms with Crippen molar-refractivity contribution in [1.29, 1.82) is 0 Å². The molecule has 1 N–H and O–H groups in total. The first-order valence-corrected chi connectivity index (χ1v) is 6.71. The zero-order valence-corrected chi connectivity index (χ0v) is 11.0. The summed E-state index contributed by atoms with van der Waals surface area (Å²) in [6, 6.07) is 0.573. The number of hydrogen-bond donors (Lipinski definition) is 1. The molecule has 4 nitrogen and oxygen atoms in total. The van der Waals surface area contributed by atoms with E-state index < -0.39 is 0 Å². The Bertz CT molecular complexity index is 239. The Labute approximate surface area is 104 Å². The Balaban J connectivity index is 1.84. The lowest BCUT2D eigenvalue weighted by Gasteiger charge is -2.41. The predicted molar refractivity (Wildman–Crippen MR) is 66.1 cm³/mol. The fourth-order valence-corrected chi connectivity index (χ4v) is 2.81. The smallest absolute Gasteiger partial charge is 0.0951 e. The van der Waals surface area contributed by atoms with E-state index in [9.17, 15) is 5.11 Å². The van der Waals surface area contributed by atoms with Gasteiger partial charge in [-0.15, -0.1) is 0 Å². The molecule has 0 aromatic rings. The topological polar surface area (TPSA) is 41.9 Å². The molecule has 0 amide bonds. The maximum absolute atomic E-state index is 9.33. The van der Waals surface area contributed by atoms with Crippen LogP contribution in [0.5, 0.6) is 0 Å². The van der Waals surface area contributed by atoms with Gasteiger partial charge < -0.3 is 19.5 Å². The number of hydrogen-bond acceptors (Lipinski definition) is 4. The molecular formula is C13H25NO3. The van der Waals surface area contributed by atoms with Gasteiger partial charge in [0.25, 0.3) is 0 Å². The molecule has 0 aromatic carbocycles. The average Bonchev–Trinajstić information content (AvgIpc) is 2.74. The molecular weight excluding hydrogens is 218 g/mol. The first-order chi connectivity index (χ1) is 8.11. The van der Waals surface area contributed by atoms with Crippen LogP contribution in [0.4, 0.5) is 0 Å². The van der Waals surface area contributed by atoms with Crippen LogP contribution < -0.4 is 0 Å². The quantitative estimate of drug-likeness (QED) is 0.800. The van der Waals surface area contributed by atoms with Crippen molar-refractivity contribution in [3.8, 4) is 0 Å². The summed E-state index contributed by atoms with van der Waals surface area (Å²) in [4.78, 5) is 2.37. The van der Waals surface area contributed by atoms with Crippen LogP contribution in [0.25, 0.3) is 0 Å². The highest BCUT2D eigenvalue weighted by molar-refractivity contribution is 4.93. The van der Waals surface area contributed by atoms with Gasteiger partial charge >= 0.3 is 0 Å². The molecule has 0 bridgehead atoms. The maximum Gasteiger partial charge on any atom is 0.0951 e. The normalized spacial score (nSPS) is 35.6. The van der Waals surface area contributed by atoms with Gasteiger partial charge in [-0.2, -0.15) is 0 Å². The standard InChI is InChI=1S/C13H25NO3/c1-11(15)3-6-14(2)12-4-7-17-13(9-12)5-8-16-10-13/h11-12,15H,3-10H2,1-2H3. The summed E-state index contributed by atoms with van der Waals surface area (Å²) in [5, 5.41) is 9.33. The van der Waals surface area contributed by atoms with E-state index in [4.69, 9.17) is 9.47 Å². The van der Waals surface area contributed by atoms with Crippen LogP contribution in [-0.4, -0.2) is 61.2 Å². The molecule has 2 heterocycles. The first-order valence-electron chi connectivity index (χ1n) is 6.71. The molecule has 0 aliphatic carbocycles. The largest absolute Gasteiger partial charge is 0.393 e. The lowest BCUT2D eigenvalue weighted by Crippen LogP contribution is -2.48. The van der Waals surface area contributed by atoms with Crippen LogP contribution in [0.3, 0.4) is 0 Å². The lowest BCUT2D eigenvalue weighted by molar-refractivity contribution is -0.104. The van der Waals surface area contributed by atoms with Crippen LogP contribution in [0.1, 0.15) is 32.6 Å². The molecule has 1 spiro atoms. The van der Waals surface area contributed by atoms with E-state index >= 15 is 0 Å². The second-order valence-electron chi connectivity index (χ2n) is 5.60. The summed E-state index contributed by atoms with van der Waals surface area (Å²) in [7, 11) is 2.15. The highest BCUT2D eigenvalue weighted by Gasteiger charge is 2.41. The minimum atomic E-state index is -0.207. The van der Waals surface area contributed by atoms with E-state index in [-0.39, 0.29) is 11.7 Å². The third-order valence-electron chi connectivity index (χ3n) is 4.06. The van der Waals surface area contributed by atoms with E-state index in [1.807, 2.05) is 6.92 Å². The number of rotatable bonds is 4. The third kappa shape index (κ3) is 3.41. The second-order valence-corrected chi connectivity index (χ2v) is 5.60. The summed E-state index contributed by atoms with van der Waals surface area (Å²) >= 11 is 0. The van der Waals surface area contributed by atoms with Crippen LogP contribution in [-0.2, 0) is 9.47 Å². The monoisotopic (exact) mass is 243 g/mol. The van der Waals surface area contributed by atoms with E-state index in [0.717, 1.165) is 52.0 Å². The van der Waals surface area contributed by atoms with Gasteiger partial charge in [-0.05, 0) is 33.2 Å². The van der Waals surface area contributed by atoms with Crippen molar-refractivity contribution in [2.24, 2.45) is 0 Å². The Morgan fingerprint density at radius 3 is 2.94 bits per heavy atom. The fourth-order valence-electron chi connectivity index (χ4n) is 2.81. The molecule has 2 rings (SSSR count). The minimum Gasteiger partial charge on any atom is -0.393 e. The minimum absolute atomic E-state index is 0.0119. The van der Waals surface area contributed by atoms with Gasteiger partial charge in [-0.25, -0.2) is 0 Å². The van der Waals surface area contributed by atoms with Crippen LogP contribution in [0, 0.1) is 0 Å². The van der Waals surface area contributed by atoms with Crippen LogP contribution in [0.15, 0.2) is 0 Å². The molecule has 0 radical (unpaired) electrons. The van der Waals surface area contributed by atoms with Crippen molar-refractivity contribution in [2.45, 2.75) is 50.4 Å². The van der Waals surface area contributed by atoms with Gasteiger partial charge in [-0.3, -0.25) is 0 Å². The number of aliphatic hydroxyl groups is 1. The van der Waals surface area contributed by atoms with E-state index in [2.05, 4.69) is 11.9 Å². The molecule has 0 saturated carbocycles. The summed E-state index contributed by atoms with van der Waals surface area (Å²) in [5.74, 6) is 0. The molecule has 100 valence electrons. The first kappa shape index (κ1) is 13.3. The van der Waals surface area contributed by atoms with Gasteiger partial charge in [0, 0.05) is 32.2 Å². The van der Waals surface area contributed by atoms with Crippen molar-refractivity contribution >= 4 is 0 Å². The zero-order chi connectivity index (χ0) is 12.3. The number of ether oxygens (including phenoxy) is 2. The van der Waals surface area contributed by atoms with Crippen molar-refractivity contribution in [3.05, 3.63) is 0 Å². The second kappa shape index (κ2) is 5.65. The Morgan fingerprint density at radius 1 is 1.47 bits per heavy atom. The van der Waals surface area contributed by atoms with E-state index in [0.29, 0.717) is 6.04 Å². The van der Waals surface area contributed by atoms with Gasteiger partial charge in [0.2, 0.25) is 0 Å². The lowest BCUT2D eigenvalue weighted by atomic mass is 9.89. The molecule has 2 saturated heterocycles. The number of aliphatic hydroxyl groups excluding tert-OH is 1. The average molecular weight is 243 g/mol. The summed E-state index contributed by atoms with van der Waals surface area (Å²) in [6.45, 7) is 5.24. The van der Waals surface area contributed by atoms with Gasteiger partial charge in [0.15, 0.2) is 0 Å². The van der Waals surface area contributed by atoms with Gasteiger partial charge in [-0.1, -0.05) is 0 Å². The van der Waals surface area contributed by atoms with Gasteiger partial charge in [0.05, 0.1) is 18.3 Å². The predicted octanol–water partition coefficient (Wildman–Crippen LogP) is 1.03. The molecule has 0 aromatic heterocycles. The Kier molecular flexibility index (Phi) is 4.42. The van der Waals surface area contributed by atoms with Crippen LogP contribution in [0.2, 0.25) is 0 Å². The fraction of sp³-hybridized carbons (Fsp3) is 1.00. The Hall–Kier alpha value is -0.160. The molecule has 2 aliphatic heterocycles. The Morgan fingerprint density at radius 2 is 2.29 bits per heavy atom. The number of nitrogens with zero attached hydrogens (tertiary/aromatic N) is 1. The van der Waals surface area contributed by atoms with Crippen molar-refractivity contribution in [1.82, 2.24) is 4.90 Å². The highest BCUT2D eigenvalue weighted by Crippen LogP contribution is 2.34.